The minimum absolute atomic E-state index is 0.0977. The summed E-state index contributed by atoms with van der Waals surface area (Å²) < 4.78 is 15.8. The highest BCUT2D eigenvalue weighted by Crippen LogP contribution is 2.23. The number of aromatic nitrogens is 1. The van der Waals surface area contributed by atoms with Crippen molar-refractivity contribution in [1.29, 1.82) is 0 Å². The van der Waals surface area contributed by atoms with Gasteiger partial charge >= 0.3 is 0 Å². The molecule has 6 heteroatoms. The Morgan fingerprint density at radius 1 is 1.07 bits per heavy atom. The molecule has 27 heavy (non-hydrogen) atoms. The molecule has 0 saturated heterocycles. The van der Waals surface area contributed by atoms with Crippen LogP contribution in [-0.4, -0.2) is 31.8 Å². The summed E-state index contributed by atoms with van der Waals surface area (Å²) in [5.74, 6) is 2.12. The van der Waals surface area contributed by atoms with Gasteiger partial charge in [0.1, 0.15) is 11.5 Å². The molecule has 3 rings (SSSR count). The fourth-order valence-corrected chi connectivity index (χ4v) is 2.76. The molecule has 140 valence electrons. The summed E-state index contributed by atoms with van der Waals surface area (Å²) in [7, 11) is 3.26. The van der Waals surface area contributed by atoms with Gasteiger partial charge in [0.2, 0.25) is 5.91 Å². The standard InChI is InChI=1S/C21H22N2O4/c1-25-18-9-7-16(8-10-18)20-13-17(23-27-20)14-21(24)22-12-11-15-5-3-4-6-19(15)26-2/h3-10,13H,11-12,14H2,1-2H3,(H,22,24). The first-order valence-corrected chi connectivity index (χ1v) is 8.68. The molecule has 0 saturated carbocycles. The quantitative estimate of drug-likeness (QED) is 0.662. The number of para-hydroxylation sites is 1. The van der Waals surface area contributed by atoms with E-state index in [-0.39, 0.29) is 12.3 Å². The molecule has 0 fully saturated rings. The molecule has 1 heterocycles. The van der Waals surface area contributed by atoms with Gasteiger partial charge in [-0.05, 0) is 42.3 Å². The number of benzene rings is 2. The first kappa shape index (κ1) is 18.5. The normalized spacial score (nSPS) is 10.4. The van der Waals surface area contributed by atoms with Crippen molar-refractivity contribution in [2.75, 3.05) is 20.8 Å². The van der Waals surface area contributed by atoms with Gasteiger partial charge in [-0.25, -0.2) is 0 Å². The third kappa shape index (κ3) is 4.88. The second-order valence-electron chi connectivity index (χ2n) is 6.00. The van der Waals surface area contributed by atoms with Gasteiger partial charge < -0.3 is 19.3 Å². The van der Waals surface area contributed by atoms with Crippen molar-refractivity contribution >= 4 is 5.91 Å². The maximum Gasteiger partial charge on any atom is 0.226 e. The van der Waals surface area contributed by atoms with Crippen LogP contribution < -0.4 is 14.8 Å². The van der Waals surface area contributed by atoms with E-state index in [2.05, 4.69) is 10.5 Å². The van der Waals surface area contributed by atoms with Crippen LogP contribution in [0.5, 0.6) is 11.5 Å². The molecule has 1 aromatic heterocycles. The molecular formula is C21H22N2O4. The largest absolute Gasteiger partial charge is 0.497 e. The van der Waals surface area contributed by atoms with Gasteiger partial charge in [-0.2, -0.15) is 0 Å². The van der Waals surface area contributed by atoms with E-state index in [4.69, 9.17) is 14.0 Å². The summed E-state index contributed by atoms with van der Waals surface area (Å²) >= 11 is 0. The van der Waals surface area contributed by atoms with Crippen molar-refractivity contribution in [2.24, 2.45) is 0 Å². The smallest absolute Gasteiger partial charge is 0.226 e. The van der Waals surface area contributed by atoms with Gasteiger partial charge in [-0.15, -0.1) is 0 Å². The van der Waals surface area contributed by atoms with Crippen LogP contribution in [0.3, 0.4) is 0 Å². The highest BCUT2D eigenvalue weighted by atomic mass is 16.5. The molecule has 0 atom stereocenters. The van der Waals surface area contributed by atoms with Crippen LogP contribution in [0, 0.1) is 0 Å². The molecule has 1 amide bonds. The van der Waals surface area contributed by atoms with Gasteiger partial charge in [-0.3, -0.25) is 4.79 Å². The van der Waals surface area contributed by atoms with Gasteiger partial charge in [0.15, 0.2) is 5.76 Å². The van der Waals surface area contributed by atoms with Gasteiger partial charge in [0.25, 0.3) is 0 Å². The van der Waals surface area contributed by atoms with E-state index in [0.717, 1.165) is 22.6 Å². The number of nitrogens with zero attached hydrogens (tertiary/aromatic N) is 1. The number of hydrogen-bond acceptors (Lipinski definition) is 5. The fourth-order valence-electron chi connectivity index (χ4n) is 2.76. The molecule has 0 bridgehead atoms. The summed E-state index contributed by atoms with van der Waals surface area (Å²) in [5, 5.41) is 6.88. The third-order valence-corrected chi connectivity index (χ3v) is 4.18. The second-order valence-corrected chi connectivity index (χ2v) is 6.00. The zero-order valence-corrected chi connectivity index (χ0v) is 15.4. The van der Waals surface area contributed by atoms with Crippen LogP contribution in [-0.2, 0) is 17.6 Å². The minimum atomic E-state index is -0.0977. The van der Waals surface area contributed by atoms with E-state index in [1.54, 1.807) is 20.3 Å². The van der Waals surface area contributed by atoms with Crippen LogP contribution in [0.2, 0.25) is 0 Å². The average Bonchev–Trinajstić information content (AvgIpc) is 3.16. The lowest BCUT2D eigenvalue weighted by atomic mass is 10.1. The van der Waals surface area contributed by atoms with E-state index in [9.17, 15) is 4.79 Å². The molecule has 0 aliphatic heterocycles. The Morgan fingerprint density at radius 2 is 1.85 bits per heavy atom. The Labute approximate surface area is 158 Å². The van der Waals surface area contributed by atoms with Crippen LogP contribution in [0.15, 0.2) is 59.1 Å². The highest BCUT2D eigenvalue weighted by Gasteiger charge is 2.11. The number of hydrogen-bond donors (Lipinski definition) is 1. The van der Waals surface area contributed by atoms with Crippen LogP contribution in [0.4, 0.5) is 0 Å². The van der Waals surface area contributed by atoms with Crippen molar-refractivity contribution in [1.82, 2.24) is 10.5 Å². The zero-order valence-electron chi connectivity index (χ0n) is 15.4. The van der Waals surface area contributed by atoms with Crippen molar-refractivity contribution in [3.63, 3.8) is 0 Å². The minimum Gasteiger partial charge on any atom is -0.497 e. The van der Waals surface area contributed by atoms with Gasteiger partial charge in [-0.1, -0.05) is 23.4 Å². The first-order valence-electron chi connectivity index (χ1n) is 8.68. The molecule has 0 aliphatic rings. The lowest BCUT2D eigenvalue weighted by Crippen LogP contribution is -2.27. The molecule has 0 aliphatic carbocycles. The lowest BCUT2D eigenvalue weighted by Gasteiger charge is -2.08. The molecule has 2 aromatic carbocycles. The molecule has 6 nitrogen and oxygen atoms in total. The molecule has 0 radical (unpaired) electrons. The van der Waals surface area contributed by atoms with E-state index in [0.29, 0.717) is 24.4 Å². The van der Waals surface area contributed by atoms with E-state index in [1.807, 2.05) is 48.5 Å². The van der Waals surface area contributed by atoms with Crippen LogP contribution in [0.1, 0.15) is 11.3 Å². The third-order valence-electron chi connectivity index (χ3n) is 4.18. The zero-order chi connectivity index (χ0) is 19.1. The summed E-state index contributed by atoms with van der Waals surface area (Å²) in [5.41, 5.74) is 2.53. The number of carbonyl (C=O) groups excluding carboxylic acids is 1. The van der Waals surface area contributed by atoms with Crippen LogP contribution in [0.25, 0.3) is 11.3 Å². The van der Waals surface area contributed by atoms with Crippen molar-refractivity contribution in [3.05, 3.63) is 65.9 Å². The van der Waals surface area contributed by atoms with Crippen molar-refractivity contribution in [3.8, 4) is 22.8 Å². The number of methoxy groups -OCH3 is 2. The summed E-state index contributed by atoms with van der Waals surface area (Å²) in [4.78, 5) is 12.1. The first-order chi connectivity index (χ1) is 13.2. The molecule has 0 spiro atoms. The van der Waals surface area contributed by atoms with Gasteiger partial charge in [0, 0.05) is 18.2 Å². The van der Waals surface area contributed by atoms with Crippen LogP contribution >= 0.6 is 0 Å². The second kappa shape index (κ2) is 8.89. The molecular weight excluding hydrogens is 344 g/mol. The summed E-state index contributed by atoms with van der Waals surface area (Å²) in [6.07, 6.45) is 0.872. The van der Waals surface area contributed by atoms with Gasteiger partial charge in [0.05, 0.1) is 26.3 Å². The van der Waals surface area contributed by atoms with Crippen molar-refractivity contribution < 1.29 is 18.8 Å². The number of ether oxygens (including phenoxy) is 2. The number of rotatable bonds is 8. The van der Waals surface area contributed by atoms with E-state index >= 15 is 0 Å². The SMILES string of the molecule is COc1ccc(-c2cc(CC(=O)NCCc3ccccc3OC)no2)cc1. The number of nitrogens with one attached hydrogen (secondary N) is 1. The predicted octanol–water partition coefficient (Wildman–Crippen LogP) is 3.26. The van der Waals surface area contributed by atoms with E-state index < -0.39 is 0 Å². The van der Waals surface area contributed by atoms with E-state index in [1.165, 1.54) is 0 Å². The summed E-state index contributed by atoms with van der Waals surface area (Å²) in [6, 6.07) is 17.0. The Balaban J connectivity index is 1.51. The highest BCUT2D eigenvalue weighted by molar-refractivity contribution is 5.78. The number of carbonyl (C=O) groups is 1. The molecule has 0 unspecified atom stereocenters. The maximum atomic E-state index is 12.1. The molecule has 3 aromatic rings. The van der Waals surface area contributed by atoms with Crippen molar-refractivity contribution in [2.45, 2.75) is 12.8 Å². The molecule has 1 N–H and O–H groups in total. The Bertz CT molecular complexity index is 887. The average molecular weight is 366 g/mol. The monoisotopic (exact) mass is 366 g/mol. The fraction of sp³-hybridized carbons (Fsp3) is 0.238. The Kier molecular flexibility index (Phi) is 6.10. The predicted molar refractivity (Wildman–Crippen MR) is 102 cm³/mol. The summed E-state index contributed by atoms with van der Waals surface area (Å²) in [6.45, 7) is 0.530. The topological polar surface area (TPSA) is 73.6 Å². The lowest BCUT2D eigenvalue weighted by molar-refractivity contribution is -0.120. The maximum absolute atomic E-state index is 12.1. The Morgan fingerprint density at radius 3 is 2.59 bits per heavy atom. The Hall–Kier alpha value is -3.28. The number of amides is 1.